The van der Waals surface area contributed by atoms with Crippen LogP contribution < -0.4 is 4.90 Å². The molecular weight excluding hydrogens is 747 g/mol. The first kappa shape index (κ1) is 35.9. The second-order valence-corrected chi connectivity index (χ2v) is 16.4. The van der Waals surface area contributed by atoms with Crippen LogP contribution in [0.15, 0.2) is 249 Å². The van der Waals surface area contributed by atoms with Crippen molar-refractivity contribution >= 4 is 49.4 Å². The Kier molecular flexibility index (Phi) is 8.47. The van der Waals surface area contributed by atoms with Gasteiger partial charge in [-0.05, 0) is 119 Å². The predicted molar refractivity (Wildman–Crippen MR) is 262 cm³/mol. The molecule has 0 amide bonds. The first-order chi connectivity index (χ1) is 30.8. The van der Waals surface area contributed by atoms with Crippen LogP contribution in [0, 0.1) is 0 Å². The van der Waals surface area contributed by atoms with E-state index in [0.717, 1.165) is 22.6 Å². The number of anilines is 3. The van der Waals surface area contributed by atoms with Gasteiger partial charge in [-0.1, -0.05) is 212 Å². The minimum atomic E-state index is -0.534. The van der Waals surface area contributed by atoms with Crippen LogP contribution in [0.4, 0.5) is 17.1 Å². The Labute approximate surface area is 362 Å². The Hall–Kier alpha value is -8.00. The third-order valence-electron chi connectivity index (χ3n) is 13.1. The van der Waals surface area contributed by atoms with Gasteiger partial charge in [0, 0.05) is 16.9 Å². The van der Waals surface area contributed by atoms with E-state index in [1.165, 1.54) is 82.4 Å². The lowest BCUT2D eigenvalue weighted by Gasteiger charge is -2.35. The van der Waals surface area contributed by atoms with Crippen molar-refractivity contribution in [1.82, 2.24) is 0 Å². The topological polar surface area (TPSA) is 3.24 Å². The number of hydrogen-bond donors (Lipinski definition) is 0. The first-order valence-electron chi connectivity index (χ1n) is 21.5. The molecule has 0 saturated heterocycles. The maximum Gasteiger partial charge on any atom is 0.0714 e. The van der Waals surface area contributed by atoms with Gasteiger partial charge in [0.15, 0.2) is 0 Å². The molecule has 1 heteroatoms. The van der Waals surface area contributed by atoms with Crippen LogP contribution in [0.3, 0.4) is 0 Å². The SMILES string of the molecule is c1ccc(-c2ccc(N(c3ccc4c(c3)C(c3ccccc3)(c3ccccc3)c3ccccc3-4)c3ccc4c5ccccc5c5ccccc5c4c3)c(-c3ccccc3)c2)cc1. The molecular formula is C61H41N. The van der Waals surface area contributed by atoms with Crippen molar-refractivity contribution in [2.24, 2.45) is 0 Å². The zero-order valence-corrected chi connectivity index (χ0v) is 34.1. The van der Waals surface area contributed by atoms with Crippen molar-refractivity contribution in [3.05, 3.63) is 271 Å². The van der Waals surface area contributed by atoms with Crippen LogP contribution in [-0.4, -0.2) is 0 Å². The van der Waals surface area contributed by atoms with Crippen molar-refractivity contribution in [3.63, 3.8) is 0 Å². The average molecular weight is 788 g/mol. The zero-order valence-electron chi connectivity index (χ0n) is 34.1. The lowest BCUT2D eigenvalue weighted by atomic mass is 9.67. The van der Waals surface area contributed by atoms with Gasteiger partial charge in [-0.3, -0.25) is 0 Å². The van der Waals surface area contributed by atoms with Crippen LogP contribution in [0.1, 0.15) is 22.3 Å². The smallest absolute Gasteiger partial charge is 0.0714 e. The number of benzene rings is 11. The standard InChI is InChI=1S/C61H41N/c1-5-19-42(20-6-1)44-33-38-60(56(39-44)43-21-7-2-8-22-43)62(47-34-36-53-51-29-14-13-27-49(51)50-28-15-16-30-52(50)57(53)40-47)48-35-37-55-54-31-17-18-32-58(54)61(59(55)41-48,45-23-9-3-10-24-45)46-25-11-4-12-26-46/h1-41H. The van der Waals surface area contributed by atoms with Gasteiger partial charge in [0.2, 0.25) is 0 Å². The second kappa shape index (κ2) is 14.6. The quantitative estimate of drug-likeness (QED) is 0.145. The number of fused-ring (bicyclic) bond motifs is 9. The summed E-state index contributed by atoms with van der Waals surface area (Å²) in [6, 6.07) is 91.8. The van der Waals surface area contributed by atoms with Crippen molar-refractivity contribution in [3.8, 4) is 33.4 Å². The molecule has 0 spiro atoms. The Morgan fingerprint density at radius 2 is 0.726 bits per heavy atom. The highest BCUT2D eigenvalue weighted by Crippen LogP contribution is 2.57. The van der Waals surface area contributed by atoms with E-state index in [1.54, 1.807) is 0 Å². The molecule has 1 aliphatic carbocycles. The van der Waals surface area contributed by atoms with E-state index in [2.05, 4.69) is 254 Å². The van der Waals surface area contributed by atoms with E-state index in [4.69, 9.17) is 0 Å². The van der Waals surface area contributed by atoms with Gasteiger partial charge in [-0.25, -0.2) is 0 Å². The summed E-state index contributed by atoms with van der Waals surface area (Å²) >= 11 is 0. The molecule has 0 unspecified atom stereocenters. The van der Waals surface area contributed by atoms with E-state index in [1.807, 2.05) is 0 Å². The highest BCUT2D eigenvalue weighted by atomic mass is 15.1. The van der Waals surface area contributed by atoms with E-state index in [-0.39, 0.29) is 0 Å². The Bertz CT molecular complexity index is 3370. The molecule has 0 heterocycles. The molecule has 11 aromatic rings. The van der Waals surface area contributed by atoms with E-state index in [0.29, 0.717) is 0 Å². The Balaban J connectivity index is 1.18. The summed E-state index contributed by atoms with van der Waals surface area (Å²) in [5, 5.41) is 7.55. The third kappa shape index (κ3) is 5.56. The van der Waals surface area contributed by atoms with Crippen LogP contribution in [0.5, 0.6) is 0 Å². The maximum atomic E-state index is 2.50. The molecule has 0 saturated carbocycles. The van der Waals surface area contributed by atoms with E-state index in [9.17, 15) is 0 Å². The van der Waals surface area contributed by atoms with E-state index >= 15 is 0 Å². The highest BCUT2D eigenvalue weighted by molar-refractivity contribution is 6.25. The van der Waals surface area contributed by atoms with Crippen molar-refractivity contribution in [2.45, 2.75) is 5.41 Å². The van der Waals surface area contributed by atoms with Crippen LogP contribution in [-0.2, 0) is 5.41 Å². The maximum absolute atomic E-state index is 2.50. The first-order valence-corrected chi connectivity index (χ1v) is 21.5. The van der Waals surface area contributed by atoms with Crippen LogP contribution in [0.25, 0.3) is 65.7 Å². The summed E-state index contributed by atoms with van der Waals surface area (Å²) in [5.41, 5.74) is 15.1. The highest BCUT2D eigenvalue weighted by Gasteiger charge is 2.46. The fourth-order valence-corrected chi connectivity index (χ4v) is 10.4. The molecule has 12 rings (SSSR count). The summed E-state index contributed by atoms with van der Waals surface area (Å²) < 4.78 is 0. The predicted octanol–water partition coefficient (Wildman–Crippen LogP) is 16.3. The van der Waals surface area contributed by atoms with Crippen molar-refractivity contribution in [1.29, 1.82) is 0 Å². The van der Waals surface area contributed by atoms with Gasteiger partial charge in [-0.15, -0.1) is 0 Å². The van der Waals surface area contributed by atoms with Gasteiger partial charge in [0.1, 0.15) is 0 Å². The average Bonchev–Trinajstić information content (AvgIpc) is 3.65. The normalized spacial score (nSPS) is 12.6. The molecule has 0 aromatic heterocycles. The largest absolute Gasteiger partial charge is 0.310 e. The summed E-state index contributed by atoms with van der Waals surface area (Å²) in [4.78, 5) is 2.50. The van der Waals surface area contributed by atoms with E-state index < -0.39 is 5.41 Å². The summed E-state index contributed by atoms with van der Waals surface area (Å²) in [7, 11) is 0. The fourth-order valence-electron chi connectivity index (χ4n) is 10.4. The number of hydrogen-bond acceptors (Lipinski definition) is 1. The molecule has 0 aliphatic heterocycles. The monoisotopic (exact) mass is 787 g/mol. The summed E-state index contributed by atoms with van der Waals surface area (Å²) in [6.45, 7) is 0. The molecule has 0 fully saturated rings. The molecule has 1 nitrogen and oxygen atoms in total. The molecule has 290 valence electrons. The second-order valence-electron chi connectivity index (χ2n) is 16.4. The van der Waals surface area contributed by atoms with Crippen LogP contribution >= 0.6 is 0 Å². The Morgan fingerprint density at radius 3 is 1.35 bits per heavy atom. The molecule has 0 bridgehead atoms. The lowest BCUT2D eigenvalue weighted by molar-refractivity contribution is 0.768. The molecule has 11 aromatic carbocycles. The van der Waals surface area contributed by atoms with Gasteiger partial charge < -0.3 is 4.90 Å². The molecule has 0 radical (unpaired) electrons. The van der Waals surface area contributed by atoms with Gasteiger partial charge in [-0.2, -0.15) is 0 Å². The zero-order chi connectivity index (χ0) is 41.0. The summed E-state index contributed by atoms with van der Waals surface area (Å²) in [6.07, 6.45) is 0. The molecule has 62 heavy (non-hydrogen) atoms. The number of rotatable bonds is 7. The van der Waals surface area contributed by atoms with Crippen molar-refractivity contribution < 1.29 is 0 Å². The molecule has 0 atom stereocenters. The Morgan fingerprint density at radius 1 is 0.258 bits per heavy atom. The van der Waals surface area contributed by atoms with Gasteiger partial charge >= 0.3 is 0 Å². The fraction of sp³-hybridized carbons (Fsp3) is 0.0164. The van der Waals surface area contributed by atoms with Gasteiger partial charge in [0.25, 0.3) is 0 Å². The molecule has 1 aliphatic rings. The number of nitrogens with zero attached hydrogens (tertiary/aromatic N) is 1. The third-order valence-corrected chi connectivity index (χ3v) is 13.1. The van der Waals surface area contributed by atoms with Crippen molar-refractivity contribution in [2.75, 3.05) is 4.90 Å². The molecule has 0 N–H and O–H groups in total. The van der Waals surface area contributed by atoms with Gasteiger partial charge in [0.05, 0.1) is 11.1 Å². The minimum absolute atomic E-state index is 0.534. The van der Waals surface area contributed by atoms with Crippen LogP contribution in [0.2, 0.25) is 0 Å². The summed E-state index contributed by atoms with van der Waals surface area (Å²) in [5.74, 6) is 0. The lowest BCUT2D eigenvalue weighted by Crippen LogP contribution is -2.28. The minimum Gasteiger partial charge on any atom is -0.310 e.